The van der Waals surface area contributed by atoms with Crippen molar-refractivity contribution in [3.05, 3.63) is 23.4 Å². The van der Waals surface area contributed by atoms with E-state index >= 15 is 0 Å². The van der Waals surface area contributed by atoms with E-state index in [2.05, 4.69) is 23.7 Å². The number of hydrogen-bond acceptors (Lipinski definition) is 3. The Morgan fingerprint density at radius 1 is 1.44 bits per heavy atom. The van der Waals surface area contributed by atoms with Crippen molar-refractivity contribution in [2.45, 2.75) is 45.8 Å². The molecule has 1 aliphatic heterocycles. The van der Waals surface area contributed by atoms with Gasteiger partial charge in [0.25, 0.3) is 0 Å². The molecule has 1 fully saturated rings. The zero-order chi connectivity index (χ0) is 11.8. The lowest BCUT2D eigenvalue weighted by molar-refractivity contribution is 0.281. The fraction of sp³-hybridized carbons (Fsp3) is 0.615. The third-order valence-corrected chi connectivity index (χ3v) is 3.36. The maximum absolute atomic E-state index is 9.21. The Kier molecular flexibility index (Phi) is 2.89. The first-order chi connectivity index (χ1) is 7.53. The molecule has 0 amide bonds. The molecule has 0 saturated carbocycles. The average Bonchev–Trinajstić information content (AvgIpc) is 2.57. The SMILES string of the molecule is Cc1cc(CO)cc(N2CCCC2(C)C)n1. The number of aliphatic hydroxyl groups excluding tert-OH is 1. The highest BCUT2D eigenvalue weighted by Gasteiger charge is 2.32. The Bertz CT molecular complexity index is 388. The van der Waals surface area contributed by atoms with Crippen LogP contribution in [0.25, 0.3) is 0 Å². The van der Waals surface area contributed by atoms with Crippen molar-refractivity contribution >= 4 is 5.82 Å². The normalized spacial score (nSPS) is 19.1. The number of aromatic nitrogens is 1. The molecule has 1 N–H and O–H groups in total. The van der Waals surface area contributed by atoms with Crippen LogP contribution in [0.5, 0.6) is 0 Å². The van der Waals surface area contributed by atoms with Crippen molar-refractivity contribution in [1.82, 2.24) is 4.98 Å². The molecule has 1 aromatic rings. The van der Waals surface area contributed by atoms with Gasteiger partial charge >= 0.3 is 0 Å². The molecule has 3 nitrogen and oxygen atoms in total. The molecule has 0 spiro atoms. The Labute approximate surface area is 97.1 Å². The van der Waals surface area contributed by atoms with Crippen LogP contribution in [-0.2, 0) is 6.61 Å². The van der Waals surface area contributed by atoms with Gasteiger partial charge < -0.3 is 10.0 Å². The zero-order valence-electron chi connectivity index (χ0n) is 10.3. The van der Waals surface area contributed by atoms with Gasteiger partial charge in [-0.15, -0.1) is 0 Å². The second kappa shape index (κ2) is 4.06. The summed E-state index contributed by atoms with van der Waals surface area (Å²) in [5, 5.41) is 9.21. The molecular weight excluding hydrogens is 200 g/mol. The van der Waals surface area contributed by atoms with Gasteiger partial charge in [-0.05, 0) is 51.3 Å². The van der Waals surface area contributed by atoms with E-state index in [0.29, 0.717) is 0 Å². The lowest BCUT2D eigenvalue weighted by atomic mass is 10.0. The van der Waals surface area contributed by atoms with Crippen LogP contribution in [0.1, 0.15) is 37.9 Å². The summed E-state index contributed by atoms with van der Waals surface area (Å²) in [5.41, 5.74) is 2.11. The first-order valence-corrected chi connectivity index (χ1v) is 5.89. The molecule has 1 saturated heterocycles. The van der Waals surface area contributed by atoms with E-state index in [4.69, 9.17) is 0 Å². The maximum atomic E-state index is 9.21. The van der Waals surface area contributed by atoms with E-state index < -0.39 is 0 Å². The van der Waals surface area contributed by atoms with Crippen LogP contribution in [0, 0.1) is 6.92 Å². The Morgan fingerprint density at radius 3 is 2.75 bits per heavy atom. The van der Waals surface area contributed by atoms with E-state index in [9.17, 15) is 5.11 Å². The third kappa shape index (κ3) is 2.05. The van der Waals surface area contributed by atoms with Crippen LogP contribution in [0.4, 0.5) is 5.82 Å². The predicted octanol–water partition coefficient (Wildman–Crippen LogP) is 2.26. The predicted molar refractivity (Wildman–Crippen MR) is 65.6 cm³/mol. The smallest absolute Gasteiger partial charge is 0.129 e. The second-order valence-corrected chi connectivity index (χ2v) is 5.20. The minimum atomic E-state index is 0.0879. The molecule has 16 heavy (non-hydrogen) atoms. The van der Waals surface area contributed by atoms with Crippen molar-refractivity contribution in [3.8, 4) is 0 Å². The summed E-state index contributed by atoms with van der Waals surface area (Å²) in [6.45, 7) is 7.63. The van der Waals surface area contributed by atoms with Gasteiger partial charge in [0.2, 0.25) is 0 Å². The van der Waals surface area contributed by atoms with Gasteiger partial charge in [-0.1, -0.05) is 0 Å². The van der Waals surface area contributed by atoms with Crippen LogP contribution in [0.3, 0.4) is 0 Å². The molecular formula is C13H20N2O. The van der Waals surface area contributed by atoms with E-state index in [1.54, 1.807) is 0 Å². The Hall–Kier alpha value is -1.09. The fourth-order valence-electron chi connectivity index (χ4n) is 2.48. The summed E-state index contributed by atoms with van der Waals surface area (Å²) in [4.78, 5) is 6.92. The van der Waals surface area contributed by atoms with Crippen molar-refractivity contribution in [1.29, 1.82) is 0 Å². The van der Waals surface area contributed by atoms with Crippen LogP contribution in [0.15, 0.2) is 12.1 Å². The summed E-state index contributed by atoms with van der Waals surface area (Å²) in [6.07, 6.45) is 2.42. The number of rotatable bonds is 2. The van der Waals surface area contributed by atoms with Gasteiger partial charge in [-0.25, -0.2) is 4.98 Å². The number of nitrogens with zero attached hydrogens (tertiary/aromatic N) is 2. The molecule has 88 valence electrons. The van der Waals surface area contributed by atoms with Gasteiger partial charge in [0.05, 0.1) is 6.61 Å². The lowest BCUT2D eigenvalue weighted by Gasteiger charge is -2.33. The van der Waals surface area contributed by atoms with E-state index in [1.165, 1.54) is 12.8 Å². The summed E-state index contributed by atoms with van der Waals surface area (Å²) >= 11 is 0. The van der Waals surface area contributed by atoms with Crippen LogP contribution in [-0.4, -0.2) is 22.2 Å². The number of anilines is 1. The lowest BCUT2D eigenvalue weighted by Crippen LogP contribution is -2.38. The van der Waals surface area contributed by atoms with Gasteiger partial charge in [0, 0.05) is 17.8 Å². The zero-order valence-corrected chi connectivity index (χ0v) is 10.3. The van der Waals surface area contributed by atoms with E-state index in [0.717, 1.165) is 23.6 Å². The molecule has 0 radical (unpaired) electrons. The fourth-order valence-corrected chi connectivity index (χ4v) is 2.48. The standard InChI is InChI=1S/C13H20N2O/c1-10-7-11(9-16)8-12(14-10)15-6-4-5-13(15,2)3/h7-8,16H,4-6,9H2,1-3H3. The molecule has 2 rings (SSSR count). The molecule has 1 aromatic heterocycles. The van der Waals surface area contributed by atoms with Crippen LogP contribution >= 0.6 is 0 Å². The minimum absolute atomic E-state index is 0.0879. The van der Waals surface area contributed by atoms with Crippen LogP contribution in [0.2, 0.25) is 0 Å². The third-order valence-electron chi connectivity index (χ3n) is 3.36. The van der Waals surface area contributed by atoms with Crippen molar-refractivity contribution in [3.63, 3.8) is 0 Å². The number of hydrogen-bond donors (Lipinski definition) is 1. The number of aryl methyl sites for hydroxylation is 1. The van der Waals surface area contributed by atoms with Crippen molar-refractivity contribution < 1.29 is 5.11 Å². The topological polar surface area (TPSA) is 36.4 Å². The highest BCUT2D eigenvalue weighted by atomic mass is 16.3. The molecule has 2 heterocycles. The largest absolute Gasteiger partial charge is 0.392 e. The van der Waals surface area contributed by atoms with E-state index in [-0.39, 0.29) is 12.1 Å². The molecule has 0 aromatic carbocycles. The van der Waals surface area contributed by atoms with Crippen molar-refractivity contribution in [2.75, 3.05) is 11.4 Å². The van der Waals surface area contributed by atoms with Crippen LogP contribution < -0.4 is 4.90 Å². The molecule has 0 atom stereocenters. The second-order valence-electron chi connectivity index (χ2n) is 5.20. The first kappa shape index (κ1) is 11.4. The summed E-state index contributed by atoms with van der Waals surface area (Å²) in [5.74, 6) is 1.01. The molecule has 3 heteroatoms. The van der Waals surface area contributed by atoms with Gasteiger partial charge in [0.1, 0.15) is 5.82 Å². The Balaban J connectivity index is 2.36. The van der Waals surface area contributed by atoms with Gasteiger partial charge in [-0.3, -0.25) is 0 Å². The maximum Gasteiger partial charge on any atom is 0.129 e. The highest BCUT2D eigenvalue weighted by molar-refractivity contribution is 5.46. The van der Waals surface area contributed by atoms with Gasteiger partial charge in [0.15, 0.2) is 0 Å². The number of aliphatic hydroxyl groups is 1. The molecule has 0 unspecified atom stereocenters. The Morgan fingerprint density at radius 2 is 2.19 bits per heavy atom. The van der Waals surface area contributed by atoms with E-state index in [1.807, 2.05) is 19.1 Å². The number of pyridine rings is 1. The molecule has 0 aliphatic carbocycles. The summed E-state index contributed by atoms with van der Waals surface area (Å²) in [6, 6.07) is 3.94. The van der Waals surface area contributed by atoms with Gasteiger partial charge in [-0.2, -0.15) is 0 Å². The molecule has 0 bridgehead atoms. The molecule has 1 aliphatic rings. The quantitative estimate of drug-likeness (QED) is 0.830. The summed E-state index contributed by atoms with van der Waals surface area (Å²) < 4.78 is 0. The first-order valence-electron chi connectivity index (χ1n) is 5.89. The average molecular weight is 220 g/mol. The minimum Gasteiger partial charge on any atom is -0.392 e. The van der Waals surface area contributed by atoms with Crippen molar-refractivity contribution in [2.24, 2.45) is 0 Å². The highest BCUT2D eigenvalue weighted by Crippen LogP contribution is 2.32. The summed E-state index contributed by atoms with van der Waals surface area (Å²) in [7, 11) is 0. The monoisotopic (exact) mass is 220 g/mol.